The van der Waals surface area contributed by atoms with Crippen LogP contribution in [0.4, 0.5) is 0 Å². The van der Waals surface area contributed by atoms with Crippen molar-refractivity contribution in [2.45, 2.75) is 88.9 Å². The maximum atomic E-state index is 11.8. The molecule has 1 heterocycles. The normalized spacial score (nSPS) is 25.3. The van der Waals surface area contributed by atoms with Crippen LogP contribution in [0.25, 0.3) is 0 Å². The number of carbonyl (C=O) groups is 1. The predicted octanol–water partition coefficient (Wildman–Crippen LogP) is 4.21. The summed E-state index contributed by atoms with van der Waals surface area (Å²) in [5.74, 6) is 1.26. The largest absolute Gasteiger partial charge is 0.489 e. The standard InChI is InChI=1S/C26H39NO4/c1-4-5-6-12-19(28)15-16-20-22(29)17-23-25(20)21-13-9-11-18(26(21)31-23)10-7-8-14-24(30)27(2)3/h9,11,13,15-16,19-20,22-23,25,28-29H,4-8,10,12,14,17H2,1-3H3/b16-15+/t19-,20-,22+,23-,25-/m0/s1. The average Bonchev–Trinajstić information content (AvgIpc) is 3.24. The zero-order chi connectivity index (χ0) is 22.4. The van der Waals surface area contributed by atoms with Gasteiger partial charge in [-0.05, 0) is 31.2 Å². The van der Waals surface area contributed by atoms with E-state index in [1.54, 1.807) is 19.0 Å². The summed E-state index contributed by atoms with van der Waals surface area (Å²) in [7, 11) is 3.59. The number of amides is 1. The monoisotopic (exact) mass is 429 g/mol. The van der Waals surface area contributed by atoms with Crippen LogP contribution in [-0.2, 0) is 11.2 Å². The lowest BCUT2D eigenvalue weighted by molar-refractivity contribution is -0.128. The molecular formula is C26H39NO4. The number of hydrogen-bond acceptors (Lipinski definition) is 4. The van der Waals surface area contributed by atoms with E-state index in [1.165, 1.54) is 11.1 Å². The molecule has 0 radical (unpaired) electrons. The number of para-hydroxylation sites is 1. The molecule has 0 bridgehead atoms. The zero-order valence-electron chi connectivity index (χ0n) is 19.3. The van der Waals surface area contributed by atoms with Gasteiger partial charge in [-0.3, -0.25) is 4.79 Å². The average molecular weight is 430 g/mol. The molecule has 5 nitrogen and oxygen atoms in total. The highest BCUT2D eigenvalue weighted by Crippen LogP contribution is 2.52. The number of aliphatic hydroxyl groups is 2. The first-order chi connectivity index (χ1) is 14.9. The fraction of sp³-hybridized carbons (Fsp3) is 0.654. The number of nitrogens with zero attached hydrogens (tertiary/aromatic N) is 1. The van der Waals surface area contributed by atoms with Crippen LogP contribution in [0.5, 0.6) is 5.75 Å². The second kappa shape index (κ2) is 11.1. The van der Waals surface area contributed by atoms with Gasteiger partial charge in [-0.15, -0.1) is 0 Å². The molecule has 5 atom stereocenters. The topological polar surface area (TPSA) is 70.0 Å². The second-order valence-corrected chi connectivity index (χ2v) is 9.34. The van der Waals surface area contributed by atoms with E-state index in [-0.39, 0.29) is 23.8 Å². The van der Waals surface area contributed by atoms with E-state index >= 15 is 0 Å². The van der Waals surface area contributed by atoms with E-state index in [9.17, 15) is 15.0 Å². The van der Waals surface area contributed by atoms with Crippen molar-refractivity contribution < 1.29 is 19.7 Å². The van der Waals surface area contributed by atoms with Crippen molar-refractivity contribution in [2.24, 2.45) is 5.92 Å². The van der Waals surface area contributed by atoms with Crippen molar-refractivity contribution in [3.8, 4) is 5.75 Å². The van der Waals surface area contributed by atoms with Gasteiger partial charge in [0, 0.05) is 44.3 Å². The molecule has 0 aromatic heterocycles. The van der Waals surface area contributed by atoms with Crippen LogP contribution in [0.1, 0.15) is 75.3 Å². The van der Waals surface area contributed by atoms with Gasteiger partial charge in [-0.1, -0.05) is 56.5 Å². The molecule has 5 heteroatoms. The maximum absolute atomic E-state index is 11.8. The molecule has 3 rings (SSSR count). The van der Waals surface area contributed by atoms with Crippen LogP contribution in [0.2, 0.25) is 0 Å². The van der Waals surface area contributed by atoms with E-state index in [2.05, 4.69) is 25.1 Å². The Morgan fingerprint density at radius 2 is 2.06 bits per heavy atom. The van der Waals surface area contributed by atoms with Crippen molar-refractivity contribution in [3.63, 3.8) is 0 Å². The number of benzene rings is 1. The number of rotatable bonds is 11. The first-order valence-electron chi connectivity index (χ1n) is 12.0. The molecule has 0 spiro atoms. The highest BCUT2D eigenvalue weighted by molar-refractivity contribution is 5.75. The minimum Gasteiger partial charge on any atom is -0.489 e. The lowest BCUT2D eigenvalue weighted by atomic mass is 9.86. The Bertz CT molecular complexity index is 760. The Morgan fingerprint density at radius 3 is 2.81 bits per heavy atom. The van der Waals surface area contributed by atoms with Crippen molar-refractivity contribution >= 4 is 5.91 Å². The molecule has 1 aliphatic heterocycles. The molecule has 1 aliphatic carbocycles. The Kier molecular flexibility index (Phi) is 8.56. The summed E-state index contributed by atoms with van der Waals surface area (Å²) in [6, 6.07) is 6.32. The van der Waals surface area contributed by atoms with Gasteiger partial charge in [0.2, 0.25) is 5.91 Å². The molecule has 1 aromatic carbocycles. The number of hydrogen-bond donors (Lipinski definition) is 2. The second-order valence-electron chi connectivity index (χ2n) is 9.34. The molecule has 2 aliphatic rings. The molecule has 31 heavy (non-hydrogen) atoms. The van der Waals surface area contributed by atoms with Gasteiger partial charge >= 0.3 is 0 Å². The molecular weight excluding hydrogens is 390 g/mol. The number of aliphatic hydroxyl groups excluding tert-OH is 2. The van der Waals surface area contributed by atoms with Crippen LogP contribution in [0.3, 0.4) is 0 Å². The molecule has 0 unspecified atom stereocenters. The van der Waals surface area contributed by atoms with Crippen LogP contribution in [0, 0.1) is 5.92 Å². The van der Waals surface area contributed by atoms with E-state index in [0.29, 0.717) is 12.8 Å². The Labute approximate surface area is 187 Å². The zero-order valence-corrected chi connectivity index (χ0v) is 19.3. The van der Waals surface area contributed by atoms with Crippen molar-refractivity contribution in [1.82, 2.24) is 4.90 Å². The van der Waals surface area contributed by atoms with Gasteiger partial charge in [0.05, 0.1) is 12.2 Å². The number of carbonyl (C=O) groups excluding carboxylic acids is 1. The van der Waals surface area contributed by atoms with E-state index in [4.69, 9.17) is 4.74 Å². The van der Waals surface area contributed by atoms with Crippen molar-refractivity contribution in [2.75, 3.05) is 14.1 Å². The van der Waals surface area contributed by atoms with E-state index in [1.807, 2.05) is 12.2 Å². The molecule has 1 aromatic rings. The Hall–Kier alpha value is -1.85. The van der Waals surface area contributed by atoms with Gasteiger partial charge in [0.1, 0.15) is 11.9 Å². The van der Waals surface area contributed by atoms with Gasteiger partial charge in [-0.25, -0.2) is 0 Å². The van der Waals surface area contributed by atoms with Crippen molar-refractivity contribution in [1.29, 1.82) is 0 Å². The molecule has 1 fully saturated rings. The summed E-state index contributed by atoms with van der Waals surface area (Å²) in [4.78, 5) is 13.4. The molecule has 0 saturated heterocycles. The molecule has 1 amide bonds. The van der Waals surface area contributed by atoms with Crippen LogP contribution in [-0.4, -0.2) is 53.4 Å². The Morgan fingerprint density at radius 1 is 1.26 bits per heavy atom. The number of unbranched alkanes of at least 4 members (excludes halogenated alkanes) is 3. The minimum absolute atomic E-state index is 0.00615. The van der Waals surface area contributed by atoms with Crippen LogP contribution in [0.15, 0.2) is 30.4 Å². The fourth-order valence-corrected chi connectivity index (χ4v) is 4.94. The number of ether oxygens (including phenoxy) is 1. The first kappa shape index (κ1) is 23.8. The van der Waals surface area contributed by atoms with Gasteiger partial charge < -0.3 is 19.8 Å². The smallest absolute Gasteiger partial charge is 0.222 e. The van der Waals surface area contributed by atoms with Gasteiger partial charge in [-0.2, -0.15) is 0 Å². The summed E-state index contributed by atoms with van der Waals surface area (Å²) in [5.41, 5.74) is 2.37. The number of aryl methyl sites for hydroxylation is 1. The van der Waals surface area contributed by atoms with E-state index < -0.39 is 12.2 Å². The van der Waals surface area contributed by atoms with Crippen LogP contribution >= 0.6 is 0 Å². The summed E-state index contributed by atoms with van der Waals surface area (Å²) in [6.07, 6.45) is 11.0. The lowest BCUT2D eigenvalue weighted by Crippen LogP contribution is -2.21. The quantitative estimate of drug-likeness (QED) is 0.408. The summed E-state index contributed by atoms with van der Waals surface area (Å²) >= 11 is 0. The van der Waals surface area contributed by atoms with Gasteiger partial charge in [0.15, 0.2) is 0 Å². The summed E-state index contributed by atoms with van der Waals surface area (Å²) in [6.45, 7) is 2.16. The van der Waals surface area contributed by atoms with Gasteiger partial charge in [0.25, 0.3) is 0 Å². The third-order valence-electron chi connectivity index (χ3n) is 6.73. The van der Waals surface area contributed by atoms with E-state index in [0.717, 1.165) is 50.7 Å². The lowest BCUT2D eigenvalue weighted by Gasteiger charge is -2.18. The molecule has 172 valence electrons. The third-order valence-corrected chi connectivity index (χ3v) is 6.73. The SMILES string of the molecule is CCCCC[C@H](O)/C=C/[C@@H]1[C@H]2c3cccc(CCCCC(=O)N(C)C)c3O[C@H]2C[C@H]1O. The highest BCUT2D eigenvalue weighted by atomic mass is 16.5. The maximum Gasteiger partial charge on any atom is 0.222 e. The fourth-order valence-electron chi connectivity index (χ4n) is 4.94. The van der Waals surface area contributed by atoms with Crippen LogP contribution < -0.4 is 4.74 Å². The number of fused-ring (bicyclic) bond motifs is 3. The first-order valence-corrected chi connectivity index (χ1v) is 12.0. The Balaban J connectivity index is 1.63. The predicted molar refractivity (Wildman–Crippen MR) is 123 cm³/mol. The minimum atomic E-state index is -0.448. The summed E-state index contributed by atoms with van der Waals surface area (Å²) in [5, 5.41) is 20.9. The highest BCUT2D eigenvalue weighted by Gasteiger charge is 2.48. The summed E-state index contributed by atoms with van der Waals surface area (Å²) < 4.78 is 6.33. The molecule has 2 N–H and O–H groups in total. The van der Waals surface area contributed by atoms with Crippen molar-refractivity contribution in [3.05, 3.63) is 41.5 Å². The third kappa shape index (κ3) is 5.89. The molecule has 1 saturated carbocycles.